The van der Waals surface area contributed by atoms with Gasteiger partial charge in [0, 0.05) is 26.7 Å². The zero-order valence-corrected chi connectivity index (χ0v) is 17.0. The largest absolute Gasteiger partial charge is 0.491 e. The lowest BCUT2D eigenvalue weighted by Gasteiger charge is -2.24. The summed E-state index contributed by atoms with van der Waals surface area (Å²) in [7, 11) is 3.50. The van der Waals surface area contributed by atoms with Crippen molar-refractivity contribution in [3.8, 4) is 5.75 Å². The minimum Gasteiger partial charge on any atom is -0.491 e. The van der Waals surface area contributed by atoms with Crippen LogP contribution in [-0.2, 0) is 11.3 Å². The second-order valence-corrected chi connectivity index (χ2v) is 5.89. The van der Waals surface area contributed by atoms with E-state index in [0.29, 0.717) is 19.3 Å². The summed E-state index contributed by atoms with van der Waals surface area (Å²) in [6, 6.07) is 8.69. The van der Waals surface area contributed by atoms with Gasteiger partial charge in [-0.15, -0.1) is 24.0 Å². The summed E-state index contributed by atoms with van der Waals surface area (Å²) in [4.78, 5) is 4.32. The van der Waals surface area contributed by atoms with Gasteiger partial charge in [-0.2, -0.15) is 0 Å². The van der Waals surface area contributed by atoms with Gasteiger partial charge in [-0.25, -0.2) is 0 Å². The molecule has 1 aromatic carbocycles. The summed E-state index contributed by atoms with van der Waals surface area (Å²) >= 11 is 0. The van der Waals surface area contributed by atoms with Gasteiger partial charge in [0.2, 0.25) is 0 Å². The van der Waals surface area contributed by atoms with E-state index in [0.717, 1.165) is 18.3 Å². The number of guanidine groups is 1. The van der Waals surface area contributed by atoms with E-state index in [9.17, 15) is 0 Å². The predicted molar refractivity (Wildman–Crippen MR) is 109 cm³/mol. The Balaban J connectivity index is 0.00000288. The number of methoxy groups -OCH3 is 1. The summed E-state index contributed by atoms with van der Waals surface area (Å²) in [6.45, 7) is 1.93. The highest BCUT2D eigenvalue weighted by atomic mass is 127. The van der Waals surface area contributed by atoms with E-state index in [-0.39, 0.29) is 24.0 Å². The molecular formula is C18H30IN3O2. The molecule has 136 valence electrons. The number of aliphatic imine (C=N–C) groups is 1. The fourth-order valence-electron chi connectivity index (χ4n) is 2.77. The van der Waals surface area contributed by atoms with Crippen molar-refractivity contribution in [3.05, 3.63) is 29.8 Å². The van der Waals surface area contributed by atoms with Gasteiger partial charge in [-0.3, -0.25) is 4.99 Å². The topological polar surface area (TPSA) is 54.9 Å². The Bertz CT molecular complexity index is 474. The summed E-state index contributed by atoms with van der Waals surface area (Å²) in [5.74, 6) is 1.76. The molecule has 1 aliphatic carbocycles. The second-order valence-electron chi connectivity index (χ2n) is 5.89. The highest BCUT2D eigenvalue weighted by Crippen LogP contribution is 2.17. The Morgan fingerprint density at radius 3 is 2.46 bits per heavy atom. The number of nitrogens with one attached hydrogen (secondary N) is 2. The van der Waals surface area contributed by atoms with Crippen molar-refractivity contribution in [2.24, 2.45) is 4.99 Å². The summed E-state index contributed by atoms with van der Waals surface area (Å²) in [5, 5.41) is 6.90. The molecule has 0 saturated heterocycles. The molecule has 0 heterocycles. The lowest BCUT2D eigenvalue weighted by Crippen LogP contribution is -2.43. The first-order chi connectivity index (χ1) is 11.3. The molecular weight excluding hydrogens is 417 g/mol. The van der Waals surface area contributed by atoms with Crippen molar-refractivity contribution in [1.29, 1.82) is 0 Å². The third-order valence-electron chi connectivity index (χ3n) is 4.11. The summed E-state index contributed by atoms with van der Waals surface area (Å²) in [6.07, 6.45) is 6.49. The molecule has 0 aromatic heterocycles. The van der Waals surface area contributed by atoms with E-state index < -0.39 is 0 Å². The molecule has 5 nitrogen and oxygen atoms in total. The van der Waals surface area contributed by atoms with Crippen LogP contribution < -0.4 is 15.4 Å². The van der Waals surface area contributed by atoms with E-state index in [2.05, 4.69) is 27.8 Å². The van der Waals surface area contributed by atoms with E-state index in [1.807, 2.05) is 19.2 Å². The van der Waals surface area contributed by atoms with Crippen LogP contribution >= 0.6 is 24.0 Å². The molecule has 2 N–H and O–H groups in total. The van der Waals surface area contributed by atoms with Crippen LogP contribution in [0.1, 0.15) is 37.7 Å². The van der Waals surface area contributed by atoms with Crippen LogP contribution in [0.2, 0.25) is 0 Å². The van der Waals surface area contributed by atoms with Gasteiger partial charge in [-0.1, -0.05) is 31.4 Å². The van der Waals surface area contributed by atoms with Gasteiger partial charge < -0.3 is 20.1 Å². The smallest absolute Gasteiger partial charge is 0.191 e. The molecule has 2 rings (SSSR count). The van der Waals surface area contributed by atoms with E-state index in [1.165, 1.54) is 37.7 Å². The number of nitrogens with zero attached hydrogens (tertiary/aromatic N) is 1. The Hall–Kier alpha value is -1.02. The van der Waals surface area contributed by atoms with Gasteiger partial charge in [0.15, 0.2) is 5.96 Å². The maximum Gasteiger partial charge on any atom is 0.191 e. The van der Waals surface area contributed by atoms with Crippen molar-refractivity contribution >= 4 is 29.9 Å². The van der Waals surface area contributed by atoms with E-state index in [4.69, 9.17) is 9.47 Å². The zero-order valence-electron chi connectivity index (χ0n) is 14.7. The first-order valence-corrected chi connectivity index (χ1v) is 8.49. The van der Waals surface area contributed by atoms with E-state index >= 15 is 0 Å². The third-order valence-corrected chi connectivity index (χ3v) is 4.11. The average Bonchev–Trinajstić information content (AvgIpc) is 2.61. The van der Waals surface area contributed by atoms with Gasteiger partial charge in [-0.05, 0) is 30.5 Å². The van der Waals surface area contributed by atoms with Gasteiger partial charge in [0.05, 0.1) is 6.61 Å². The normalized spacial score (nSPS) is 15.5. The SMILES string of the molecule is CN=C(NCc1ccc(OCCOC)cc1)NC1CCCCC1.I. The van der Waals surface area contributed by atoms with Gasteiger partial charge in [0.1, 0.15) is 12.4 Å². The molecule has 1 saturated carbocycles. The molecule has 6 heteroatoms. The number of ether oxygens (including phenoxy) is 2. The molecule has 1 fully saturated rings. The van der Waals surface area contributed by atoms with Crippen LogP contribution in [0.25, 0.3) is 0 Å². The second kappa shape index (κ2) is 12.4. The average molecular weight is 447 g/mol. The van der Waals surface area contributed by atoms with Crippen LogP contribution in [0.5, 0.6) is 5.75 Å². The van der Waals surface area contributed by atoms with Crippen molar-refractivity contribution in [2.45, 2.75) is 44.7 Å². The summed E-state index contributed by atoms with van der Waals surface area (Å²) < 4.78 is 10.5. The van der Waals surface area contributed by atoms with Crippen molar-refractivity contribution in [3.63, 3.8) is 0 Å². The predicted octanol–water partition coefficient (Wildman–Crippen LogP) is 3.33. The molecule has 0 spiro atoms. The number of rotatable bonds is 7. The monoisotopic (exact) mass is 447 g/mol. The van der Waals surface area contributed by atoms with Crippen LogP contribution in [0.4, 0.5) is 0 Å². The van der Waals surface area contributed by atoms with Crippen LogP contribution in [0.3, 0.4) is 0 Å². The van der Waals surface area contributed by atoms with Crippen molar-refractivity contribution in [2.75, 3.05) is 27.4 Å². The zero-order chi connectivity index (χ0) is 16.3. The lowest BCUT2D eigenvalue weighted by molar-refractivity contribution is 0.146. The van der Waals surface area contributed by atoms with Crippen molar-refractivity contribution in [1.82, 2.24) is 10.6 Å². The van der Waals surface area contributed by atoms with Gasteiger partial charge in [0.25, 0.3) is 0 Å². The number of hydrogen-bond donors (Lipinski definition) is 2. The van der Waals surface area contributed by atoms with Crippen LogP contribution in [0, 0.1) is 0 Å². The molecule has 0 atom stereocenters. The fourth-order valence-corrected chi connectivity index (χ4v) is 2.77. The standard InChI is InChI=1S/C18H29N3O2.HI/c1-19-18(21-16-6-4-3-5-7-16)20-14-15-8-10-17(11-9-15)23-13-12-22-2;/h8-11,16H,3-7,12-14H2,1-2H3,(H2,19,20,21);1H. The molecule has 1 aromatic rings. The molecule has 0 unspecified atom stereocenters. The molecule has 0 amide bonds. The number of hydrogen-bond acceptors (Lipinski definition) is 3. The molecule has 0 aliphatic heterocycles. The van der Waals surface area contributed by atoms with Crippen molar-refractivity contribution < 1.29 is 9.47 Å². The highest BCUT2D eigenvalue weighted by molar-refractivity contribution is 14.0. The Labute approximate surface area is 162 Å². The number of benzene rings is 1. The van der Waals surface area contributed by atoms with Crippen LogP contribution in [-0.4, -0.2) is 39.4 Å². The Kier molecular flexibility index (Phi) is 10.8. The number of halogens is 1. The van der Waals surface area contributed by atoms with Crippen LogP contribution in [0.15, 0.2) is 29.3 Å². The summed E-state index contributed by atoms with van der Waals surface area (Å²) in [5.41, 5.74) is 1.20. The maximum absolute atomic E-state index is 5.57. The Morgan fingerprint density at radius 2 is 1.83 bits per heavy atom. The Morgan fingerprint density at radius 1 is 1.12 bits per heavy atom. The minimum absolute atomic E-state index is 0. The third kappa shape index (κ3) is 7.70. The lowest BCUT2D eigenvalue weighted by atomic mass is 9.96. The fraction of sp³-hybridized carbons (Fsp3) is 0.611. The maximum atomic E-state index is 5.57. The molecule has 1 aliphatic rings. The molecule has 0 radical (unpaired) electrons. The minimum atomic E-state index is 0. The quantitative estimate of drug-likeness (QED) is 0.292. The molecule has 24 heavy (non-hydrogen) atoms. The first-order valence-electron chi connectivity index (χ1n) is 8.49. The van der Waals surface area contributed by atoms with E-state index in [1.54, 1.807) is 7.11 Å². The first kappa shape index (κ1) is 21.0. The highest BCUT2D eigenvalue weighted by Gasteiger charge is 2.14. The molecule has 0 bridgehead atoms. The van der Waals surface area contributed by atoms with Gasteiger partial charge >= 0.3 is 0 Å².